The summed E-state index contributed by atoms with van der Waals surface area (Å²) in [7, 11) is -3.49. The normalized spacial score (nSPS) is 17.7. The maximum absolute atomic E-state index is 13.0. The van der Waals surface area contributed by atoms with Crippen molar-refractivity contribution in [1.29, 1.82) is 0 Å². The predicted octanol–water partition coefficient (Wildman–Crippen LogP) is 2.74. The number of anilines is 1. The smallest absolute Gasteiger partial charge is 0.243 e. The Labute approximate surface area is 178 Å². The fraction of sp³-hybridized carbons (Fsp3) is 0.435. The third kappa shape index (κ3) is 4.43. The summed E-state index contributed by atoms with van der Waals surface area (Å²) in [6.07, 6.45) is 3.10. The standard InChI is InChI=1S/C23H29N3O3S/c1-17-6-8-21(14-18(17)2)24-23(27)16-25-10-12-26(13-11-25)30(28,29)22-9-7-19-4-3-5-20(19)15-22/h6-9,14-15H,3-5,10-13,16H2,1-2H3,(H,24,27). The number of carbonyl (C=O) groups is 1. The maximum Gasteiger partial charge on any atom is 0.243 e. The summed E-state index contributed by atoms with van der Waals surface area (Å²) in [6.45, 7) is 6.21. The van der Waals surface area contributed by atoms with Crippen molar-refractivity contribution in [3.05, 3.63) is 58.7 Å². The molecule has 0 spiro atoms. The molecule has 1 amide bonds. The molecular formula is C23H29N3O3S. The highest BCUT2D eigenvalue weighted by molar-refractivity contribution is 7.89. The molecule has 1 aliphatic carbocycles. The molecular weight excluding hydrogens is 398 g/mol. The largest absolute Gasteiger partial charge is 0.325 e. The molecule has 1 saturated heterocycles. The Balaban J connectivity index is 1.33. The molecule has 6 nitrogen and oxygen atoms in total. The first-order valence-corrected chi connectivity index (χ1v) is 12.0. The number of hydrogen-bond acceptors (Lipinski definition) is 4. The fourth-order valence-electron chi connectivity index (χ4n) is 4.21. The topological polar surface area (TPSA) is 69.7 Å². The van der Waals surface area contributed by atoms with E-state index in [1.54, 1.807) is 10.4 Å². The molecule has 1 fully saturated rings. The lowest BCUT2D eigenvalue weighted by Gasteiger charge is -2.33. The van der Waals surface area contributed by atoms with E-state index in [1.165, 1.54) is 11.1 Å². The fourth-order valence-corrected chi connectivity index (χ4v) is 5.68. The molecule has 2 aromatic rings. The van der Waals surface area contributed by atoms with Crippen LogP contribution < -0.4 is 5.32 Å². The molecule has 2 aliphatic rings. The molecule has 0 unspecified atom stereocenters. The molecule has 30 heavy (non-hydrogen) atoms. The Bertz CT molecular complexity index is 1060. The van der Waals surface area contributed by atoms with Crippen LogP contribution >= 0.6 is 0 Å². The van der Waals surface area contributed by atoms with Crippen molar-refractivity contribution in [2.45, 2.75) is 38.0 Å². The van der Waals surface area contributed by atoms with Crippen LogP contribution in [0.25, 0.3) is 0 Å². The molecule has 7 heteroatoms. The Hall–Kier alpha value is -2.22. The first-order valence-electron chi connectivity index (χ1n) is 10.5. The van der Waals surface area contributed by atoms with Gasteiger partial charge in [0, 0.05) is 31.9 Å². The van der Waals surface area contributed by atoms with Crippen LogP contribution in [0, 0.1) is 13.8 Å². The minimum atomic E-state index is -3.49. The van der Waals surface area contributed by atoms with Gasteiger partial charge in [0.05, 0.1) is 11.4 Å². The zero-order chi connectivity index (χ0) is 21.3. The molecule has 1 heterocycles. The van der Waals surface area contributed by atoms with Crippen molar-refractivity contribution in [2.75, 3.05) is 38.0 Å². The quantitative estimate of drug-likeness (QED) is 0.797. The third-order valence-corrected chi connectivity index (χ3v) is 8.09. The molecule has 1 N–H and O–H groups in total. The van der Waals surface area contributed by atoms with Crippen molar-refractivity contribution in [3.63, 3.8) is 0 Å². The van der Waals surface area contributed by atoms with Crippen molar-refractivity contribution < 1.29 is 13.2 Å². The average Bonchev–Trinajstić information content (AvgIpc) is 3.19. The van der Waals surface area contributed by atoms with Crippen LogP contribution in [0.5, 0.6) is 0 Å². The van der Waals surface area contributed by atoms with E-state index in [9.17, 15) is 13.2 Å². The summed E-state index contributed by atoms with van der Waals surface area (Å²) in [5.74, 6) is -0.0758. The highest BCUT2D eigenvalue weighted by atomic mass is 32.2. The molecule has 0 saturated carbocycles. The van der Waals surface area contributed by atoms with E-state index in [0.29, 0.717) is 31.1 Å². The molecule has 0 atom stereocenters. The molecule has 1 aliphatic heterocycles. The lowest BCUT2D eigenvalue weighted by Crippen LogP contribution is -2.50. The van der Waals surface area contributed by atoms with Gasteiger partial charge in [0.2, 0.25) is 15.9 Å². The van der Waals surface area contributed by atoms with Crippen molar-refractivity contribution in [1.82, 2.24) is 9.21 Å². The van der Waals surface area contributed by atoms with Crippen LogP contribution in [0.3, 0.4) is 0 Å². The monoisotopic (exact) mass is 427 g/mol. The minimum Gasteiger partial charge on any atom is -0.325 e. The van der Waals surface area contributed by atoms with E-state index in [1.807, 2.05) is 49.1 Å². The summed E-state index contributed by atoms with van der Waals surface area (Å²) in [6, 6.07) is 11.4. The van der Waals surface area contributed by atoms with Gasteiger partial charge in [-0.25, -0.2) is 8.42 Å². The number of aryl methyl sites for hydroxylation is 4. The van der Waals surface area contributed by atoms with E-state index in [4.69, 9.17) is 0 Å². The van der Waals surface area contributed by atoms with Crippen molar-refractivity contribution in [3.8, 4) is 0 Å². The molecule has 4 rings (SSSR count). The van der Waals surface area contributed by atoms with Gasteiger partial charge in [0.15, 0.2) is 0 Å². The van der Waals surface area contributed by atoms with Gasteiger partial charge < -0.3 is 5.32 Å². The Morgan fingerprint density at radius 1 is 0.933 bits per heavy atom. The molecule has 0 bridgehead atoms. The number of nitrogens with one attached hydrogen (secondary N) is 1. The second-order valence-electron chi connectivity index (χ2n) is 8.31. The number of hydrogen-bond donors (Lipinski definition) is 1. The zero-order valence-corrected chi connectivity index (χ0v) is 18.5. The Morgan fingerprint density at radius 2 is 1.67 bits per heavy atom. The first-order chi connectivity index (χ1) is 14.3. The van der Waals surface area contributed by atoms with Crippen LogP contribution in [0.4, 0.5) is 5.69 Å². The first kappa shape index (κ1) is 21.0. The summed E-state index contributed by atoms with van der Waals surface area (Å²) < 4.78 is 27.6. The van der Waals surface area contributed by atoms with E-state index >= 15 is 0 Å². The Kier molecular flexibility index (Phi) is 5.95. The number of carbonyl (C=O) groups excluding carboxylic acids is 1. The van der Waals surface area contributed by atoms with Gasteiger partial charge in [0.1, 0.15) is 0 Å². The number of sulfonamides is 1. The number of rotatable bonds is 5. The lowest BCUT2D eigenvalue weighted by atomic mass is 10.1. The molecule has 2 aromatic carbocycles. The van der Waals surface area contributed by atoms with Gasteiger partial charge in [-0.2, -0.15) is 4.31 Å². The van der Waals surface area contributed by atoms with E-state index < -0.39 is 10.0 Å². The SMILES string of the molecule is Cc1ccc(NC(=O)CN2CCN(S(=O)(=O)c3ccc4c(c3)CCC4)CC2)cc1C. The van der Waals surface area contributed by atoms with Crippen molar-refractivity contribution in [2.24, 2.45) is 0 Å². The number of fused-ring (bicyclic) bond motifs is 1. The highest BCUT2D eigenvalue weighted by Gasteiger charge is 2.30. The van der Waals surface area contributed by atoms with Gasteiger partial charge in [-0.05, 0) is 79.6 Å². The average molecular weight is 428 g/mol. The zero-order valence-electron chi connectivity index (χ0n) is 17.6. The van der Waals surface area contributed by atoms with Gasteiger partial charge in [-0.15, -0.1) is 0 Å². The number of benzene rings is 2. The summed E-state index contributed by atoms with van der Waals surface area (Å²) in [5, 5.41) is 2.94. The maximum atomic E-state index is 13.0. The molecule has 0 radical (unpaired) electrons. The third-order valence-electron chi connectivity index (χ3n) is 6.20. The molecule has 160 valence electrons. The van der Waals surface area contributed by atoms with E-state index in [-0.39, 0.29) is 12.5 Å². The van der Waals surface area contributed by atoms with Gasteiger partial charge in [0.25, 0.3) is 0 Å². The number of amides is 1. The van der Waals surface area contributed by atoms with E-state index in [2.05, 4.69) is 5.32 Å². The summed E-state index contributed by atoms with van der Waals surface area (Å²) in [4.78, 5) is 14.8. The summed E-state index contributed by atoms with van der Waals surface area (Å²) >= 11 is 0. The number of nitrogens with zero attached hydrogens (tertiary/aromatic N) is 2. The lowest BCUT2D eigenvalue weighted by molar-refractivity contribution is -0.117. The number of piperazine rings is 1. The summed E-state index contributed by atoms with van der Waals surface area (Å²) in [5.41, 5.74) is 5.55. The van der Waals surface area contributed by atoms with E-state index in [0.717, 1.165) is 36.1 Å². The van der Waals surface area contributed by atoms with Crippen LogP contribution in [0.15, 0.2) is 41.3 Å². The van der Waals surface area contributed by atoms with Crippen molar-refractivity contribution >= 4 is 21.6 Å². The second kappa shape index (κ2) is 8.49. The van der Waals surface area contributed by atoms with Gasteiger partial charge in [-0.1, -0.05) is 12.1 Å². The van der Waals surface area contributed by atoms with Gasteiger partial charge in [-0.3, -0.25) is 9.69 Å². The van der Waals surface area contributed by atoms with Crippen LogP contribution in [0.2, 0.25) is 0 Å². The van der Waals surface area contributed by atoms with Crippen LogP contribution in [0.1, 0.15) is 28.7 Å². The Morgan fingerprint density at radius 3 is 2.40 bits per heavy atom. The molecule has 0 aromatic heterocycles. The van der Waals surface area contributed by atoms with Gasteiger partial charge >= 0.3 is 0 Å². The predicted molar refractivity (Wildman–Crippen MR) is 118 cm³/mol. The van der Waals surface area contributed by atoms with Crippen LogP contribution in [-0.4, -0.2) is 56.3 Å². The minimum absolute atomic E-state index is 0.0758. The van der Waals surface area contributed by atoms with Crippen LogP contribution in [-0.2, 0) is 27.7 Å². The second-order valence-corrected chi connectivity index (χ2v) is 10.2. The highest BCUT2D eigenvalue weighted by Crippen LogP contribution is 2.26.